The van der Waals surface area contributed by atoms with Crippen LogP contribution in [0.4, 0.5) is 5.69 Å². The fourth-order valence-electron chi connectivity index (χ4n) is 2.85. The van der Waals surface area contributed by atoms with E-state index in [9.17, 15) is 9.59 Å². The maximum Gasteiger partial charge on any atom is 0.276 e. The Morgan fingerprint density at radius 2 is 1.74 bits per heavy atom. The van der Waals surface area contributed by atoms with Gasteiger partial charge in [-0.05, 0) is 36.1 Å². The van der Waals surface area contributed by atoms with Crippen LogP contribution in [0.25, 0.3) is 0 Å². The van der Waals surface area contributed by atoms with Crippen LogP contribution < -0.4 is 10.9 Å². The predicted octanol–water partition coefficient (Wildman–Crippen LogP) is 3.98. The number of rotatable bonds is 5. The number of carbonyl (C=O) groups is 1. The van der Waals surface area contributed by atoms with Crippen molar-refractivity contribution in [2.75, 3.05) is 5.32 Å². The standard InChI is InChI=1S/C22H23N3O2/c1-15(2)18-6-4-5-7-19(18)23-22(27)20-12-13-21(26)25(24-20)14-17-10-8-16(3)9-11-17/h4-13,15H,14H2,1-3H3,(H,23,27). The van der Waals surface area contributed by atoms with Crippen molar-refractivity contribution in [1.82, 2.24) is 9.78 Å². The highest BCUT2D eigenvalue weighted by Crippen LogP contribution is 2.23. The van der Waals surface area contributed by atoms with Gasteiger partial charge in [0.05, 0.1) is 6.54 Å². The molecule has 0 spiro atoms. The van der Waals surface area contributed by atoms with Crippen molar-refractivity contribution in [2.45, 2.75) is 33.2 Å². The maximum absolute atomic E-state index is 12.7. The normalized spacial score (nSPS) is 10.8. The molecule has 0 atom stereocenters. The van der Waals surface area contributed by atoms with Crippen LogP contribution in [0.15, 0.2) is 65.5 Å². The number of nitrogens with zero attached hydrogens (tertiary/aromatic N) is 2. The topological polar surface area (TPSA) is 64.0 Å². The fraction of sp³-hybridized carbons (Fsp3) is 0.227. The van der Waals surface area contributed by atoms with E-state index in [1.807, 2.05) is 55.5 Å². The minimum atomic E-state index is -0.333. The molecule has 0 unspecified atom stereocenters. The van der Waals surface area contributed by atoms with Crippen molar-refractivity contribution in [2.24, 2.45) is 0 Å². The molecule has 2 aromatic carbocycles. The summed E-state index contributed by atoms with van der Waals surface area (Å²) in [5, 5.41) is 7.16. The summed E-state index contributed by atoms with van der Waals surface area (Å²) in [5.74, 6) is -0.0503. The summed E-state index contributed by atoms with van der Waals surface area (Å²) in [5.41, 5.74) is 3.89. The van der Waals surface area contributed by atoms with E-state index in [1.165, 1.54) is 16.8 Å². The van der Waals surface area contributed by atoms with Gasteiger partial charge in [0.2, 0.25) is 0 Å². The molecular formula is C22H23N3O2. The first-order chi connectivity index (χ1) is 12.9. The third-order valence-corrected chi connectivity index (χ3v) is 4.38. The summed E-state index contributed by atoms with van der Waals surface area (Å²) in [6.07, 6.45) is 0. The maximum atomic E-state index is 12.7. The molecule has 3 aromatic rings. The lowest BCUT2D eigenvalue weighted by molar-refractivity contribution is 0.102. The number of aryl methyl sites for hydroxylation is 1. The minimum absolute atomic E-state index is 0.209. The highest BCUT2D eigenvalue weighted by Gasteiger charge is 2.13. The Morgan fingerprint density at radius 3 is 2.44 bits per heavy atom. The Hall–Kier alpha value is -3.21. The van der Waals surface area contributed by atoms with E-state index in [2.05, 4.69) is 24.3 Å². The largest absolute Gasteiger partial charge is 0.320 e. The van der Waals surface area contributed by atoms with Crippen molar-refractivity contribution >= 4 is 11.6 Å². The monoisotopic (exact) mass is 361 g/mol. The molecule has 0 saturated heterocycles. The fourth-order valence-corrected chi connectivity index (χ4v) is 2.85. The second-order valence-corrected chi connectivity index (χ2v) is 6.90. The van der Waals surface area contributed by atoms with Gasteiger partial charge in [0, 0.05) is 11.8 Å². The molecule has 5 nitrogen and oxygen atoms in total. The lowest BCUT2D eigenvalue weighted by atomic mass is 10.0. The molecule has 0 bridgehead atoms. The van der Waals surface area contributed by atoms with Crippen LogP contribution in [0.3, 0.4) is 0 Å². The molecule has 3 rings (SSSR count). The SMILES string of the molecule is Cc1ccc(Cn2nc(C(=O)Nc3ccccc3C(C)C)ccc2=O)cc1. The van der Waals surface area contributed by atoms with E-state index in [0.717, 1.165) is 22.4 Å². The van der Waals surface area contributed by atoms with Crippen LogP contribution >= 0.6 is 0 Å². The third-order valence-electron chi connectivity index (χ3n) is 4.38. The molecule has 138 valence electrons. The number of amides is 1. The molecule has 0 aliphatic rings. The second-order valence-electron chi connectivity index (χ2n) is 6.90. The Morgan fingerprint density at radius 1 is 1.04 bits per heavy atom. The lowest BCUT2D eigenvalue weighted by Gasteiger charge is -2.13. The average molecular weight is 361 g/mol. The average Bonchev–Trinajstić information content (AvgIpc) is 2.65. The number of anilines is 1. The highest BCUT2D eigenvalue weighted by atomic mass is 16.2. The number of hydrogen-bond acceptors (Lipinski definition) is 3. The molecule has 1 aromatic heterocycles. The van der Waals surface area contributed by atoms with E-state index >= 15 is 0 Å². The van der Waals surface area contributed by atoms with E-state index in [1.54, 1.807) is 0 Å². The van der Waals surface area contributed by atoms with Crippen LogP contribution in [0, 0.1) is 6.92 Å². The molecule has 0 aliphatic carbocycles. The van der Waals surface area contributed by atoms with Gasteiger partial charge in [-0.3, -0.25) is 9.59 Å². The summed E-state index contributed by atoms with van der Waals surface area (Å²) in [4.78, 5) is 24.8. The zero-order valence-corrected chi connectivity index (χ0v) is 15.8. The number of carbonyl (C=O) groups excluding carboxylic acids is 1. The van der Waals surface area contributed by atoms with Crippen LogP contribution in [0.1, 0.15) is 46.9 Å². The number of para-hydroxylation sites is 1. The highest BCUT2D eigenvalue weighted by molar-refractivity contribution is 6.03. The molecule has 0 saturated carbocycles. The Kier molecular flexibility index (Phi) is 5.50. The number of aromatic nitrogens is 2. The molecule has 27 heavy (non-hydrogen) atoms. The minimum Gasteiger partial charge on any atom is -0.320 e. The van der Waals surface area contributed by atoms with Gasteiger partial charge in [-0.1, -0.05) is 61.9 Å². The second kappa shape index (κ2) is 7.99. The van der Waals surface area contributed by atoms with Crippen LogP contribution in [0.2, 0.25) is 0 Å². The molecule has 5 heteroatoms. The lowest BCUT2D eigenvalue weighted by Crippen LogP contribution is -2.26. The molecule has 1 amide bonds. The smallest absolute Gasteiger partial charge is 0.276 e. The molecule has 0 radical (unpaired) electrons. The Labute approximate surface area is 158 Å². The van der Waals surface area contributed by atoms with Crippen molar-refractivity contribution < 1.29 is 4.79 Å². The molecular weight excluding hydrogens is 338 g/mol. The first-order valence-corrected chi connectivity index (χ1v) is 8.98. The van der Waals surface area contributed by atoms with E-state index in [-0.39, 0.29) is 23.1 Å². The van der Waals surface area contributed by atoms with Crippen LogP contribution in [0.5, 0.6) is 0 Å². The zero-order chi connectivity index (χ0) is 19.4. The van der Waals surface area contributed by atoms with Crippen molar-refractivity contribution in [1.29, 1.82) is 0 Å². The Balaban J connectivity index is 1.84. The van der Waals surface area contributed by atoms with Crippen molar-refractivity contribution in [3.05, 3.63) is 93.4 Å². The van der Waals surface area contributed by atoms with Gasteiger partial charge in [0.15, 0.2) is 0 Å². The summed E-state index contributed by atoms with van der Waals surface area (Å²) in [6.45, 7) is 6.48. The van der Waals surface area contributed by atoms with Gasteiger partial charge in [0.25, 0.3) is 11.5 Å². The molecule has 0 fully saturated rings. The summed E-state index contributed by atoms with van der Waals surface area (Å²) >= 11 is 0. The van der Waals surface area contributed by atoms with Crippen LogP contribution in [-0.4, -0.2) is 15.7 Å². The van der Waals surface area contributed by atoms with E-state index in [4.69, 9.17) is 0 Å². The predicted molar refractivity (Wildman–Crippen MR) is 107 cm³/mol. The molecule has 0 aliphatic heterocycles. The number of nitrogens with one attached hydrogen (secondary N) is 1. The first-order valence-electron chi connectivity index (χ1n) is 8.98. The van der Waals surface area contributed by atoms with Crippen molar-refractivity contribution in [3.63, 3.8) is 0 Å². The van der Waals surface area contributed by atoms with E-state index in [0.29, 0.717) is 6.54 Å². The zero-order valence-electron chi connectivity index (χ0n) is 15.8. The third kappa shape index (κ3) is 4.50. The number of benzene rings is 2. The van der Waals surface area contributed by atoms with Gasteiger partial charge >= 0.3 is 0 Å². The summed E-state index contributed by atoms with van der Waals surface area (Å²) in [6, 6.07) is 18.4. The van der Waals surface area contributed by atoms with Crippen LogP contribution in [-0.2, 0) is 6.54 Å². The summed E-state index contributed by atoms with van der Waals surface area (Å²) in [7, 11) is 0. The quantitative estimate of drug-likeness (QED) is 0.748. The molecule has 1 heterocycles. The van der Waals surface area contributed by atoms with Gasteiger partial charge < -0.3 is 5.32 Å². The van der Waals surface area contributed by atoms with Crippen molar-refractivity contribution in [3.8, 4) is 0 Å². The first kappa shape index (κ1) is 18.6. The van der Waals surface area contributed by atoms with Gasteiger partial charge in [0.1, 0.15) is 5.69 Å². The van der Waals surface area contributed by atoms with Gasteiger partial charge in [-0.15, -0.1) is 0 Å². The number of hydrogen-bond donors (Lipinski definition) is 1. The van der Waals surface area contributed by atoms with Gasteiger partial charge in [-0.25, -0.2) is 4.68 Å². The molecule has 1 N–H and O–H groups in total. The summed E-state index contributed by atoms with van der Waals surface area (Å²) < 4.78 is 1.31. The Bertz CT molecular complexity index is 1000. The van der Waals surface area contributed by atoms with Gasteiger partial charge in [-0.2, -0.15) is 5.10 Å². The van der Waals surface area contributed by atoms with E-state index < -0.39 is 0 Å².